The Labute approximate surface area is 120 Å². The lowest BCUT2D eigenvalue weighted by atomic mass is 9.61. The van der Waals surface area contributed by atoms with Gasteiger partial charge < -0.3 is 9.53 Å². The average Bonchev–Trinajstić information content (AvgIpc) is 2.57. The molecule has 20 heavy (non-hydrogen) atoms. The largest absolute Gasteiger partial charge is 0.352 e. The summed E-state index contributed by atoms with van der Waals surface area (Å²) in [5, 5.41) is 1.48. The fourth-order valence-corrected chi connectivity index (χ4v) is 4.38. The standard InChI is InChI=1S/C15H25NO4/c1-10(9-17)13-6-4-5-12-8-7-11(2)19-14-15(12,13)20-16(14)18-3/h9-14H,4-8H2,1-3H3/t10-,11-,12?,13?,14-,15?/m0/s1. The number of nitrogens with zero attached hydrogens (tertiary/aromatic N) is 1. The summed E-state index contributed by atoms with van der Waals surface area (Å²) in [6, 6.07) is 0. The van der Waals surface area contributed by atoms with Crippen LogP contribution >= 0.6 is 0 Å². The molecule has 2 heterocycles. The smallest absolute Gasteiger partial charge is 0.191 e. The van der Waals surface area contributed by atoms with E-state index in [9.17, 15) is 4.79 Å². The van der Waals surface area contributed by atoms with E-state index in [1.54, 1.807) is 7.11 Å². The topological polar surface area (TPSA) is 48.0 Å². The first-order valence-electron chi connectivity index (χ1n) is 7.76. The second-order valence-electron chi connectivity index (χ2n) is 6.52. The second-order valence-corrected chi connectivity index (χ2v) is 6.52. The van der Waals surface area contributed by atoms with E-state index in [4.69, 9.17) is 14.4 Å². The molecule has 3 rings (SSSR count). The molecule has 3 aliphatic rings. The summed E-state index contributed by atoms with van der Waals surface area (Å²) >= 11 is 0. The van der Waals surface area contributed by atoms with Gasteiger partial charge in [0.2, 0.25) is 0 Å². The molecule has 0 aromatic carbocycles. The number of hydroxylamine groups is 2. The van der Waals surface area contributed by atoms with Crippen molar-refractivity contribution in [2.24, 2.45) is 17.8 Å². The Hall–Kier alpha value is -0.490. The van der Waals surface area contributed by atoms with Crippen molar-refractivity contribution < 1.29 is 19.2 Å². The maximum atomic E-state index is 11.3. The van der Waals surface area contributed by atoms with Gasteiger partial charge in [0.1, 0.15) is 11.9 Å². The molecular formula is C15H25NO4. The highest BCUT2D eigenvalue weighted by atomic mass is 17.0. The summed E-state index contributed by atoms with van der Waals surface area (Å²) in [7, 11) is 1.60. The van der Waals surface area contributed by atoms with Crippen molar-refractivity contribution in [3.05, 3.63) is 0 Å². The summed E-state index contributed by atoms with van der Waals surface area (Å²) in [5.41, 5.74) is -0.362. The molecule has 0 bridgehead atoms. The minimum absolute atomic E-state index is 0.00341. The molecule has 2 saturated heterocycles. The van der Waals surface area contributed by atoms with Gasteiger partial charge in [-0.15, -0.1) is 0 Å². The van der Waals surface area contributed by atoms with Crippen molar-refractivity contribution in [2.75, 3.05) is 7.11 Å². The first kappa shape index (κ1) is 14.4. The van der Waals surface area contributed by atoms with Crippen LogP contribution in [0.3, 0.4) is 0 Å². The molecule has 5 nitrogen and oxygen atoms in total. The van der Waals surface area contributed by atoms with Crippen LogP contribution in [0.25, 0.3) is 0 Å². The van der Waals surface area contributed by atoms with Gasteiger partial charge in [0.15, 0.2) is 6.23 Å². The normalized spacial score (nSPS) is 46.5. The molecule has 5 heteroatoms. The minimum Gasteiger partial charge on any atom is -0.352 e. The van der Waals surface area contributed by atoms with E-state index < -0.39 is 0 Å². The van der Waals surface area contributed by atoms with E-state index in [0.717, 1.165) is 32.0 Å². The third-order valence-corrected chi connectivity index (χ3v) is 5.42. The highest BCUT2D eigenvalue weighted by Crippen LogP contribution is 2.56. The first-order chi connectivity index (χ1) is 9.63. The third-order valence-electron chi connectivity index (χ3n) is 5.42. The van der Waals surface area contributed by atoms with Crippen LogP contribution in [-0.4, -0.2) is 36.6 Å². The van der Waals surface area contributed by atoms with Gasteiger partial charge in [-0.2, -0.15) is 0 Å². The van der Waals surface area contributed by atoms with Crippen molar-refractivity contribution >= 4 is 6.29 Å². The lowest BCUT2D eigenvalue weighted by Crippen LogP contribution is -2.75. The Bertz CT molecular complexity index is 377. The highest BCUT2D eigenvalue weighted by Gasteiger charge is 2.67. The number of carbonyl (C=O) groups excluding carboxylic acids is 1. The number of ether oxygens (including phenoxy) is 1. The monoisotopic (exact) mass is 283 g/mol. The van der Waals surface area contributed by atoms with Crippen LogP contribution in [-0.2, 0) is 19.2 Å². The van der Waals surface area contributed by atoms with Gasteiger partial charge in [-0.05, 0) is 43.8 Å². The number of aldehydes is 1. The zero-order chi connectivity index (χ0) is 14.3. The van der Waals surface area contributed by atoms with Gasteiger partial charge in [-0.1, -0.05) is 13.3 Å². The Morgan fingerprint density at radius 2 is 2.15 bits per heavy atom. The van der Waals surface area contributed by atoms with E-state index in [2.05, 4.69) is 6.92 Å². The Balaban J connectivity index is 1.94. The van der Waals surface area contributed by atoms with Crippen molar-refractivity contribution in [2.45, 2.75) is 63.9 Å². The summed E-state index contributed by atoms with van der Waals surface area (Å²) in [6.45, 7) is 4.11. The van der Waals surface area contributed by atoms with Crippen molar-refractivity contribution in [3.8, 4) is 0 Å². The lowest BCUT2D eigenvalue weighted by Gasteiger charge is -2.61. The van der Waals surface area contributed by atoms with Crippen LogP contribution < -0.4 is 0 Å². The zero-order valence-corrected chi connectivity index (χ0v) is 12.6. The lowest BCUT2D eigenvalue weighted by molar-refractivity contribution is -0.578. The first-order valence-corrected chi connectivity index (χ1v) is 7.76. The predicted molar refractivity (Wildman–Crippen MR) is 72.3 cm³/mol. The van der Waals surface area contributed by atoms with E-state index in [0.29, 0.717) is 5.92 Å². The van der Waals surface area contributed by atoms with Crippen LogP contribution in [0, 0.1) is 17.8 Å². The van der Waals surface area contributed by atoms with Crippen LogP contribution in [0.1, 0.15) is 46.0 Å². The molecular weight excluding hydrogens is 258 g/mol. The molecule has 3 fully saturated rings. The number of hydrogen-bond donors (Lipinski definition) is 0. The predicted octanol–water partition coefficient (Wildman–Crippen LogP) is 2.31. The summed E-state index contributed by atoms with van der Waals surface area (Å²) in [5.74, 6) is 0.682. The third kappa shape index (κ3) is 1.95. The molecule has 1 aliphatic carbocycles. The fourth-order valence-electron chi connectivity index (χ4n) is 4.38. The van der Waals surface area contributed by atoms with Gasteiger partial charge in [0.05, 0.1) is 13.2 Å². The molecule has 0 aromatic heterocycles. The average molecular weight is 283 g/mol. The molecule has 1 saturated carbocycles. The van der Waals surface area contributed by atoms with E-state index in [1.807, 2.05) is 6.92 Å². The van der Waals surface area contributed by atoms with E-state index >= 15 is 0 Å². The van der Waals surface area contributed by atoms with Crippen LogP contribution in [0.2, 0.25) is 0 Å². The molecule has 0 radical (unpaired) electrons. The molecule has 0 N–H and O–H groups in total. The Morgan fingerprint density at radius 3 is 2.85 bits per heavy atom. The van der Waals surface area contributed by atoms with E-state index in [1.165, 1.54) is 11.6 Å². The molecule has 114 valence electrons. The minimum atomic E-state index is -0.362. The molecule has 2 aliphatic heterocycles. The Morgan fingerprint density at radius 1 is 1.35 bits per heavy atom. The molecule has 1 spiro atoms. The highest BCUT2D eigenvalue weighted by molar-refractivity contribution is 5.54. The SMILES string of the molecule is CON1OC23C(CCCC2[C@@H](C)C=O)CC[C@H](C)O[C@H]13. The van der Waals surface area contributed by atoms with Gasteiger partial charge in [0, 0.05) is 11.8 Å². The summed E-state index contributed by atoms with van der Waals surface area (Å²) < 4.78 is 6.16. The van der Waals surface area contributed by atoms with Crippen LogP contribution in [0.5, 0.6) is 0 Å². The molecule has 0 amide bonds. The van der Waals surface area contributed by atoms with E-state index in [-0.39, 0.29) is 29.8 Å². The number of carbonyl (C=O) groups is 1. The van der Waals surface area contributed by atoms with Crippen LogP contribution in [0.15, 0.2) is 0 Å². The Kier molecular flexibility index (Phi) is 3.88. The maximum absolute atomic E-state index is 11.3. The fraction of sp³-hybridized carbons (Fsp3) is 0.933. The second kappa shape index (κ2) is 5.37. The molecule has 0 aromatic rings. The van der Waals surface area contributed by atoms with Crippen molar-refractivity contribution in [1.82, 2.24) is 5.23 Å². The number of rotatable bonds is 3. The molecule has 3 unspecified atom stereocenters. The van der Waals surface area contributed by atoms with Gasteiger partial charge >= 0.3 is 0 Å². The van der Waals surface area contributed by atoms with Gasteiger partial charge in [0.25, 0.3) is 0 Å². The van der Waals surface area contributed by atoms with Gasteiger partial charge in [-0.25, -0.2) is 0 Å². The summed E-state index contributed by atoms with van der Waals surface area (Å²) in [4.78, 5) is 22.6. The number of hydrogen-bond acceptors (Lipinski definition) is 5. The molecule has 6 atom stereocenters. The zero-order valence-electron chi connectivity index (χ0n) is 12.6. The summed E-state index contributed by atoms with van der Waals surface area (Å²) in [6.07, 6.45) is 6.61. The maximum Gasteiger partial charge on any atom is 0.191 e. The van der Waals surface area contributed by atoms with Crippen LogP contribution in [0.4, 0.5) is 0 Å². The van der Waals surface area contributed by atoms with Crippen molar-refractivity contribution in [3.63, 3.8) is 0 Å². The quantitative estimate of drug-likeness (QED) is 0.744. The van der Waals surface area contributed by atoms with Crippen molar-refractivity contribution in [1.29, 1.82) is 0 Å². The van der Waals surface area contributed by atoms with Gasteiger partial charge in [-0.3, -0.25) is 9.68 Å².